The molecule has 1 N–H and O–H groups in total. The third-order valence-corrected chi connectivity index (χ3v) is 3.13. The summed E-state index contributed by atoms with van der Waals surface area (Å²) in [6.07, 6.45) is 1.10. The molecule has 0 radical (unpaired) electrons. The summed E-state index contributed by atoms with van der Waals surface area (Å²) in [7, 11) is 0. The predicted molar refractivity (Wildman–Crippen MR) is 76.9 cm³/mol. The molecule has 6 nitrogen and oxygen atoms in total. The van der Waals surface area contributed by atoms with Crippen LogP contribution in [0.1, 0.15) is 27.8 Å². The van der Waals surface area contributed by atoms with Crippen LogP contribution in [0.25, 0.3) is 0 Å². The Hall–Kier alpha value is -2.05. The number of anilines is 1. The summed E-state index contributed by atoms with van der Waals surface area (Å²) in [5.41, 5.74) is 0.251. The van der Waals surface area contributed by atoms with E-state index in [1.807, 2.05) is 0 Å². The number of aromatic nitrogens is 1. The van der Waals surface area contributed by atoms with Crippen LogP contribution in [0.4, 0.5) is 6.01 Å². The second-order valence-electron chi connectivity index (χ2n) is 3.84. The van der Waals surface area contributed by atoms with Crippen LogP contribution in [-0.4, -0.2) is 23.5 Å². The third-order valence-electron chi connectivity index (χ3n) is 2.39. The number of nitrogens with zero attached hydrogens (tertiary/aromatic N) is 1. The molecule has 0 fully saturated rings. The topological polar surface area (TPSA) is 81.4 Å². The van der Waals surface area contributed by atoms with Gasteiger partial charge in [-0.05, 0) is 25.1 Å². The predicted octanol–water partition coefficient (Wildman–Crippen LogP) is 3.41. The van der Waals surface area contributed by atoms with Gasteiger partial charge in [0.15, 0.2) is 5.69 Å². The number of halogens is 2. The Kier molecular flexibility index (Phi) is 4.82. The zero-order valence-electron chi connectivity index (χ0n) is 10.9. The van der Waals surface area contributed by atoms with Crippen molar-refractivity contribution in [3.63, 3.8) is 0 Å². The molecule has 0 saturated carbocycles. The van der Waals surface area contributed by atoms with Crippen molar-refractivity contribution in [3.05, 3.63) is 45.8 Å². The van der Waals surface area contributed by atoms with Gasteiger partial charge < -0.3 is 9.15 Å². The lowest BCUT2D eigenvalue weighted by Crippen LogP contribution is -2.12. The maximum absolute atomic E-state index is 12.0. The summed E-state index contributed by atoms with van der Waals surface area (Å²) in [6, 6.07) is 4.29. The Morgan fingerprint density at radius 2 is 2.10 bits per heavy atom. The van der Waals surface area contributed by atoms with Gasteiger partial charge >= 0.3 is 12.0 Å². The van der Waals surface area contributed by atoms with Gasteiger partial charge in [0.25, 0.3) is 5.91 Å². The summed E-state index contributed by atoms with van der Waals surface area (Å²) in [5, 5.41) is 2.99. The molecule has 0 saturated heterocycles. The van der Waals surface area contributed by atoms with E-state index in [1.165, 1.54) is 18.2 Å². The Bertz CT molecular complexity index is 685. The van der Waals surface area contributed by atoms with Crippen molar-refractivity contribution < 1.29 is 18.7 Å². The average molecular weight is 329 g/mol. The van der Waals surface area contributed by atoms with E-state index in [0.717, 1.165) is 6.26 Å². The molecule has 2 rings (SSSR count). The number of carbonyl (C=O) groups is 2. The molecule has 1 aromatic heterocycles. The lowest BCUT2D eigenvalue weighted by molar-refractivity contribution is 0.0519. The van der Waals surface area contributed by atoms with E-state index in [2.05, 4.69) is 10.3 Å². The summed E-state index contributed by atoms with van der Waals surface area (Å²) < 4.78 is 9.73. The third kappa shape index (κ3) is 3.74. The van der Waals surface area contributed by atoms with E-state index in [4.69, 9.17) is 32.4 Å². The van der Waals surface area contributed by atoms with Gasteiger partial charge in [-0.15, -0.1) is 0 Å². The standard InChI is InChI=1S/C13H10Cl2N2O4/c1-2-20-12(19)10-6-21-13(16-10)17-11(18)7-3-4-8(14)9(15)5-7/h3-6H,2H2,1H3,(H,16,17,18). The second kappa shape index (κ2) is 6.60. The maximum atomic E-state index is 12.0. The second-order valence-corrected chi connectivity index (χ2v) is 4.66. The number of nitrogens with one attached hydrogen (secondary N) is 1. The first-order valence-electron chi connectivity index (χ1n) is 5.90. The lowest BCUT2D eigenvalue weighted by Gasteiger charge is -2.02. The summed E-state index contributed by atoms with van der Waals surface area (Å²) in [4.78, 5) is 27.2. The van der Waals surface area contributed by atoms with E-state index < -0.39 is 11.9 Å². The molecule has 0 unspecified atom stereocenters. The Morgan fingerprint density at radius 1 is 1.33 bits per heavy atom. The van der Waals surface area contributed by atoms with Gasteiger partial charge in [-0.2, -0.15) is 4.98 Å². The van der Waals surface area contributed by atoms with Crippen LogP contribution in [0.3, 0.4) is 0 Å². The van der Waals surface area contributed by atoms with Crippen LogP contribution in [0.5, 0.6) is 0 Å². The van der Waals surface area contributed by atoms with Crippen LogP contribution < -0.4 is 5.32 Å². The first kappa shape index (κ1) is 15.3. The Balaban J connectivity index is 2.09. The van der Waals surface area contributed by atoms with Crippen LogP contribution in [0, 0.1) is 0 Å². The largest absolute Gasteiger partial charge is 0.461 e. The van der Waals surface area contributed by atoms with Crippen molar-refractivity contribution in [2.75, 3.05) is 11.9 Å². The van der Waals surface area contributed by atoms with Crippen molar-refractivity contribution in [1.29, 1.82) is 0 Å². The number of rotatable bonds is 4. The normalized spacial score (nSPS) is 10.2. The number of oxazole rings is 1. The van der Waals surface area contributed by atoms with E-state index in [0.29, 0.717) is 5.02 Å². The van der Waals surface area contributed by atoms with E-state index >= 15 is 0 Å². The number of esters is 1. The van der Waals surface area contributed by atoms with Crippen LogP contribution in [0.2, 0.25) is 10.0 Å². The van der Waals surface area contributed by atoms with Crippen molar-refractivity contribution in [2.45, 2.75) is 6.92 Å². The molecular weight excluding hydrogens is 319 g/mol. The van der Waals surface area contributed by atoms with Gasteiger partial charge in [-0.3, -0.25) is 10.1 Å². The minimum atomic E-state index is -0.628. The van der Waals surface area contributed by atoms with Gasteiger partial charge in [-0.25, -0.2) is 4.79 Å². The molecule has 1 aromatic carbocycles. The smallest absolute Gasteiger partial charge is 0.360 e. The summed E-state index contributed by atoms with van der Waals surface area (Å²) >= 11 is 11.6. The van der Waals surface area contributed by atoms with E-state index in [-0.39, 0.29) is 28.9 Å². The first-order valence-corrected chi connectivity index (χ1v) is 6.66. The molecule has 0 aliphatic rings. The summed E-state index contributed by atoms with van der Waals surface area (Å²) in [6.45, 7) is 1.89. The molecule has 0 aliphatic carbocycles. The number of hydrogen-bond acceptors (Lipinski definition) is 5. The zero-order valence-corrected chi connectivity index (χ0v) is 12.4. The maximum Gasteiger partial charge on any atom is 0.360 e. The fourth-order valence-corrected chi connectivity index (χ4v) is 1.73. The lowest BCUT2D eigenvalue weighted by atomic mass is 10.2. The van der Waals surface area contributed by atoms with E-state index in [9.17, 15) is 9.59 Å². The number of ether oxygens (including phenoxy) is 1. The minimum Gasteiger partial charge on any atom is -0.461 e. The number of hydrogen-bond donors (Lipinski definition) is 1. The van der Waals surface area contributed by atoms with Crippen molar-refractivity contribution in [2.24, 2.45) is 0 Å². The highest BCUT2D eigenvalue weighted by Gasteiger charge is 2.16. The molecular formula is C13H10Cl2N2O4. The van der Waals surface area contributed by atoms with Gasteiger partial charge in [0, 0.05) is 5.56 Å². The Morgan fingerprint density at radius 3 is 2.76 bits per heavy atom. The molecule has 21 heavy (non-hydrogen) atoms. The van der Waals surface area contributed by atoms with Gasteiger partial charge in [0.05, 0.1) is 16.7 Å². The van der Waals surface area contributed by atoms with Crippen molar-refractivity contribution in [1.82, 2.24) is 4.98 Å². The van der Waals surface area contributed by atoms with E-state index in [1.54, 1.807) is 6.92 Å². The highest BCUT2D eigenvalue weighted by atomic mass is 35.5. The van der Waals surface area contributed by atoms with Crippen molar-refractivity contribution >= 4 is 41.1 Å². The number of carbonyl (C=O) groups excluding carboxylic acids is 2. The van der Waals surface area contributed by atoms with Gasteiger partial charge in [0.1, 0.15) is 6.26 Å². The fourth-order valence-electron chi connectivity index (χ4n) is 1.44. The Labute approximate surface area is 130 Å². The summed E-state index contributed by atoms with van der Waals surface area (Å²) in [5.74, 6) is -1.12. The molecule has 0 aliphatic heterocycles. The highest BCUT2D eigenvalue weighted by molar-refractivity contribution is 6.42. The molecule has 1 amide bonds. The SMILES string of the molecule is CCOC(=O)c1coc(NC(=O)c2ccc(Cl)c(Cl)c2)n1. The van der Waals surface area contributed by atoms with Gasteiger partial charge in [-0.1, -0.05) is 23.2 Å². The number of amides is 1. The number of benzene rings is 1. The van der Waals surface area contributed by atoms with Crippen LogP contribution >= 0.6 is 23.2 Å². The molecule has 110 valence electrons. The monoisotopic (exact) mass is 328 g/mol. The molecule has 1 heterocycles. The zero-order chi connectivity index (χ0) is 15.4. The highest BCUT2D eigenvalue weighted by Crippen LogP contribution is 2.23. The molecule has 0 spiro atoms. The fraction of sp³-hybridized carbons (Fsp3) is 0.154. The molecule has 0 bridgehead atoms. The molecule has 2 aromatic rings. The van der Waals surface area contributed by atoms with Crippen LogP contribution in [-0.2, 0) is 4.74 Å². The quantitative estimate of drug-likeness (QED) is 0.869. The minimum absolute atomic E-state index is 0.0266. The van der Waals surface area contributed by atoms with Crippen molar-refractivity contribution in [3.8, 4) is 0 Å². The molecule has 8 heteroatoms. The average Bonchev–Trinajstić information content (AvgIpc) is 2.90. The van der Waals surface area contributed by atoms with Gasteiger partial charge in [0.2, 0.25) is 0 Å². The molecule has 0 atom stereocenters. The first-order chi connectivity index (χ1) is 10.0. The van der Waals surface area contributed by atoms with Crippen LogP contribution in [0.15, 0.2) is 28.9 Å².